The first kappa shape index (κ1) is 18.2. The van der Waals surface area contributed by atoms with Crippen molar-refractivity contribution in [2.75, 3.05) is 0 Å². The fourth-order valence-corrected chi connectivity index (χ4v) is 5.35. The number of rotatable bonds is 4. The third-order valence-electron chi connectivity index (χ3n) is 5.26. The molecule has 3 nitrogen and oxygen atoms in total. The smallest absolute Gasteiger partial charge is 0.121 e. The molecule has 0 aliphatic heterocycles. The van der Waals surface area contributed by atoms with Gasteiger partial charge in [-0.25, -0.2) is 9.67 Å². The van der Waals surface area contributed by atoms with Gasteiger partial charge in [0.15, 0.2) is 0 Å². The highest BCUT2D eigenvalue weighted by molar-refractivity contribution is 7.14. The molecule has 0 unspecified atom stereocenters. The summed E-state index contributed by atoms with van der Waals surface area (Å²) in [6.45, 7) is 0. The molecule has 0 saturated carbocycles. The molecule has 0 bridgehead atoms. The molecule has 5 heteroatoms. The highest BCUT2D eigenvalue weighted by Gasteiger charge is 2.22. The Labute approximate surface area is 187 Å². The Morgan fingerprint density at radius 3 is 2.00 bits per heavy atom. The molecule has 6 rings (SSSR count). The fraction of sp³-hybridized carbons (Fsp3) is 0. The number of hydrogen-bond donors (Lipinski definition) is 0. The molecule has 0 atom stereocenters. The third kappa shape index (κ3) is 3.19. The van der Waals surface area contributed by atoms with Crippen molar-refractivity contribution < 1.29 is 0 Å². The normalized spacial score (nSPS) is 11.2. The van der Waals surface area contributed by atoms with Crippen LogP contribution in [0, 0.1) is 0 Å². The summed E-state index contributed by atoms with van der Waals surface area (Å²) in [5.74, 6) is 0. The van der Waals surface area contributed by atoms with Gasteiger partial charge in [0.1, 0.15) is 11.2 Å². The van der Waals surface area contributed by atoms with Crippen LogP contribution < -0.4 is 0 Å². The zero-order valence-electron chi connectivity index (χ0n) is 16.5. The number of pyridine rings is 1. The zero-order chi connectivity index (χ0) is 20.6. The average molecular weight is 436 g/mol. The molecule has 0 spiro atoms. The van der Waals surface area contributed by atoms with E-state index in [0.717, 1.165) is 44.0 Å². The van der Waals surface area contributed by atoms with Gasteiger partial charge in [-0.15, -0.1) is 22.7 Å². The molecule has 0 aliphatic rings. The number of hydrogen-bond acceptors (Lipinski definition) is 4. The molecule has 0 radical (unpaired) electrons. The summed E-state index contributed by atoms with van der Waals surface area (Å²) >= 11 is 3.43. The summed E-state index contributed by atoms with van der Waals surface area (Å²) in [6.07, 6.45) is 2.14. The van der Waals surface area contributed by atoms with Crippen molar-refractivity contribution in [1.29, 1.82) is 0 Å². The molecule has 31 heavy (non-hydrogen) atoms. The van der Waals surface area contributed by atoms with Crippen LogP contribution in [0.4, 0.5) is 0 Å². The van der Waals surface area contributed by atoms with Crippen LogP contribution in [0.2, 0.25) is 0 Å². The fourth-order valence-electron chi connectivity index (χ4n) is 3.85. The molecule has 0 fully saturated rings. The molecular weight excluding hydrogens is 418 g/mol. The standard InChI is InChI=1S/C26H17N3S2/c1-3-9-18(10-4-1)24-23(21-13-7-15-30-21)20-17-29(19-11-5-2-6-12-19)28-25(20)26(27-24)22-14-8-16-31-22/h1-17H. The van der Waals surface area contributed by atoms with Gasteiger partial charge < -0.3 is 0 Å². The van der Waals surface area contributed by atoms with E-state index in [4.69, 9.17) is 10.1 Å². The Morgan fingerprint density at radius 2 is 1.32 bits per heavy atom. The van der Waals surface area contributed by atoms with Crippen LogP contribution in [-0.4, -0.2) is 14.8 Å². The van der Waals surface area contributed by atoms with Crippen molar-refractivity contribution in [3.8, 4) is 38.0 Å². The molecule has 2 aromatic carbocycles. The van der Waals surface area contributed by atoms with Crippen molar-refractivity contribution in [3.63, 3.8) is 0 Å². The molecular formula is C26H17N3S2. The van der Waals surface area contributed by atoms with Gasteiger partial charge in [-0.2, -0.15) is 5.10 Å². The van der Waals surface area contributed by atoms with Crippen LogP contribution >= 0.6 is 22.7 Å². The van der Waals surface area contributed by atoms with Crippen molar-refractivity contribution in [1.82, 2.24) is 14.8 Å². The summed E-state index contributed by atoms with van der Waals surface area (Å²) in [6, 6.07) is 29.1. The predicted octanol–water partition coefficient (Wildman–Crippen LogP) is 7.54. The van der Waals surface area contributed by atoms with Crippen molar-refractivity contribution >= 4 is 33.6 Å². The van der Waals surface area contributed by atoms with Gasteiger partial charge in [-0.05, 0) is 35.0 Å². The maximum atomic E-state index is 5.22. The monoisotopic (exact) mass is 435 g/mol. The summed E-state index contributed by atoms with van der Waals surface area (Å²) in [5.41, 5.74) is 6.13. The quantitative estimate of drug-likeness (QED) is 0.286. The number of para-hydroxylation sites is 1. The average Bonchev–Trinajstić information content (AvgIpc) is 3.61. The second-order valence-electron chi connectivity index (χ2n) is 7.18. The van der Waals surface area contributed by atoms with Gasteiger partial charge >= 0.3 is 0 Å². The van der Waals surface area contributed by atoms with Gasteiger partial charge in [-0.1, -0.05) is 60.7 Å². The van der Waals surface area contributed by atoms with Crippen LogP contribution in [0.5, 0.6) is 0 Å². The van der Waals surface area contributed by atoms with Crippen LogP contribution in [0.15, 0.2) is 102 Å². The van der Waals surface area contributed by atoms with E-state index in [-0.39, 0.29) is 0 Å². The summed E-state index contributed by atoms with van der Waals surface area (Å²) in [4.78, 5) is 7.54. The summed E-state index contributed by atoms with van der Waals surface area (Å²) < 4.78 is 1.97. The number of fused-ring (bicyclic) bond motifs is 1. The number of aromatic nitrogens is 3. The third-order valence-corrected chi connectivity index (χ3v) is 7.02. The van der Waals surface area contributed by atoms with E-state index in [1.807, 2.05) is 28.9 Å². The molecule has 4 heterocycles. The van der Waals surface area contributed by atoms with Crippen molar-refractivity contribution in [2.24, 2.45) is 0 Å². The zero-order valence-corrected chi connectivity index (χ0v) is 18.1. The maximum absolute atomic E-state index is 5.22. The van der Waals surface area contributed by atoms with Crippen LogP contribution in [0.1, 0.15) is 0 Å². The highest BCUT2D eigenvalue weighted by Crippen LogP contribution is 2.42. The van der Waals surface area contributed by atoms with Crippen molar-refractivity contribution in [3.05, 3.63) is 102 Å². The minimum Gasteiger partial charge on any atom is -0.244 e. The number of thiophene rings is 2. The maximum Gasteiger partial charge on any atom is 0.121 e. The number of nitrogens with zero attached hydrogens (tertiary/aromatic N) is 3. The van der Waals surface area contributed by atoms with Gasteiger partial charge in [0.2, 0.25) is 0 Å². The lowest BCUT2D eigenvalue weighted by Crippen LogP contribution is -1.94. The Hall–Kier alpha value is -3.54. The molecule has 4 aromatic heterocycles. The van der Waals surface area contributed by atoms with Crippen LogP contribution in [0.3, 0.4) is 0 Å². The lowest BCUT2D eigenvalue weighted by Gasteiger charge is -2.11. The van der Waals surface area contributed by atoms with E-state index in [0.29, 0.717) is 0 Å². The molecule has 0 saturated heterocycles. The van der Waals surface area contributed by atoms with E-state index in [1.54, 1.807) is 22.7 Å². The lowest BCUT2D eigenvalue weighted by molar-refractivity contribution is 0.896. The van der Waals surface area contributed by atoms with E-state index < -0.39 is 0 Å². The van der Waals surface area contributed by atoms with Crippen LogP contribution in [0.25, 0.3) is 48.9 Å². The molecule has 6 aromatic rings. The summed E-state index contributed by atoms with van der Waals surface area (Å²) in [5, 5.41) is 10.3. The van der Waals surface area contributed by atoms with Crippen molar-refractivity contribution in [2.45, 2.75) is 0 Å². The molecule has 0 aliphatic carbocycles. The first-order valence-electron chi connectivity index (χ1n) is 10.0. The second kappa shape index (κ2) is 7.61. The Bertz CT molecular complexity index is 1450. The van der Waals surface area contributed by atoms with E-state index in [1.165, 1.54) is 4.88 Å². The van der Waals surface area contributed by atoms with E-state index >= 15 is 0 Å². The minimum absolute atomic E-state index is 0.925. The Morgan fingerprint density at radius 1 is 0.645 bits per heavy atom. The lowest BCUT2D eigenvalue weighted by atomic mass is 10.00. The van der Waals surface area contributed by atoms with Gasteiger partial charge in [0.25, 0.3) is 0 Å². The second-order valence-corrected chi connectivity index (χ2v) is 9.07. The Balaban J connectivity index is 1.74. The SMILES string of the molecule is c1ccc(-c2nc(-c3cccs3)c3nn(-c4ccccc4)cc3c2-c2cccs2)cc1. The molecule has 148 valence electrons. The van der Waals surface area contributed by atoms with Gasteiger partial charge in [0, 0.05) is 27.6 Å². The van der Waals surface area contributed by atoms with E-state index in [2.05, 4.69) is 77.6 Å². The first-order chi connectivity index (χ1) is 15.4. The predicted molar refractivity (Wildman–Crippen MR) is 131 cm³/mol. The van der Waals surface area contributed by atoms with Gasteiger partial charge in [0.05, 0.1) is 16.3 Å². The van der Waals surface area contributed by atoms with Gasteiger partial charge in [-0.3, -0.25) is 0 Å². The number of benzene rings is 2. The molecule has 0 N–H and O–H groups in total. The highest BCUT2D eigenvalue weighted by atomic mass is 32.1. The van der Waals surface area contributed by atoms with E-state index in [9.17, 15) is 0 Å². The largest absolute Gasteiger partial charge is 0.244 e. The first-order valence-corrected chi connectivity index (χ1v) is 11.8. The summed E-state index contributed by atoms with van der Waals surface area (Å²) in [7, 11) is 0. The minimum atomic E-state index is 0.925. The topological polar surface area (TPSA) is 30.7 Å². The van der Waals surface area contributed by atoms with Crippen LogP contribution in [-0.2, 0) is 0 Å². The Kier molecular flexibility index (Phi) is 4.48. The molecule has 0 amide bonds.